The van der Waals surface area contributed by atoms with Crippen molar-refractivity contribution in [2.45, 2.75) is 19.9 Å². The monoisotopic (exact) mass is 201 g/mol. The van der Waals surface area contributed by atoms with Crippen LogP contribution in [0.4, 0.5) is 0 Å². The molecule has 5 nitrogen and oxygen atoms in total. The minimum absolute atomic E-state index is 0.0401. The molecular formula is C9H15NO4. The van der Waals surface area contributed by atoms with Crippen molar-refractivity contribution in [2.75, 3.05) is 13.2 Å². The average Bonchev–Trinajstić information content (AvgIpc) is 2.13. The van der Waals surface area contributed by atoms with Gasteiger partial charge in [0.05, 0.1) is 6.04 Å². The van der Waals surface area contributed by atoms with E-state index in [4.69, 9.17) is 5.11 Å². The Morgan fingerprint density at radius 2 is 2.14 bits per heavy atom. The first-order chi connectivity index (χ1) is 6.47. The molecule has 0 aromatic heterocycles. The molecule has 0 radical (unpaired) electrons. The number of nitrogens with one attached hydrogen (secondary N) is 1. The molecule has 0 rings (SSSR count). The molecular weight excluding hydrogens is 186 g/mol. The van der Waals surface area contributed by atoms with Gasteiger partial charge in [0.25, 0.3) is 0 Å². The Hall–Kier alpha value is -1.36. The van der Waals surface area contributed by atoms with Crippen molar-refractivity contribution in [3.8, 4) is 0 Å². The fraction of sp³-hybridized carbons (Fsp3) is 0.556. The van der Waals surface area contributed by atoms with E-state index in [0.29, 0.717) is 5.57 Å². The summed E-state index contributed by atoms with van der Waals surface area (Å²) in [5.74, 6) is -0.987. The summed E-state index contributed by atoms with van der Waals surface area (Å²) in [4.78, 5) is 21.6. The highest BCUT2D eigenvalue weighted by Gasteiger charge is 2.09. The van der Waals surface area contributed by atoms with E-state index in [2.05, 4.69) is 16.6 Å². The van der Waals surface area contributed by atoms with Gasteiger partial charge in [0.1, 0.15) is 13.2 Å². The van der Waals surface area contributed by atoms with E-state index < -0.39 is 12.6 Å². The highest BCUT2D eigenvalue weighted by Crippen LogP contribution is 1.90. The molecule has 1 amide bonds. The van der Waals surface area contributed by atoms with E-state index in [1.54, 1.807) is 13.8 Å². The van der Waals surface area contributed by atoms with Gasteiger partial charge in [-0.25, -0.2) is 4.79 Å². The number of carbonyl (C=O) groups excluding carboxylic acids is 2. The molecule has 0 spiro atoms. The normalized spacial score (nSPS) is 11.6. The summed E-state index contributed by atoms with van der Waals surface area (Å²) in [7, 11) is 0. The summed E-state index contributed by atoms with van der Waals surface area (Å²) in [5, 5.41) is 10.9. The molecule has 1 unspecified atom stereocenters. The molecule has 14 heavy (non-hydrogen) atoms. The second kappa shape index (κ2) is 6.15. The van der Waals surface area contributed by atoms with Crippen molar-refractivity contribution in [1.29, 1.82) is 0 Å². The third kappa shape index (κ3) is 5.31. The van der Waals surface area contributed by atoms with Crippen LogP contribution in [0.15, 0.2) is 12.2 Å². The minimum Gasteiger partial charge on any atom is -0.462 e. The molecule has 0 aromatic carbocycles. The zero-order valence-electron chi connectivity index (χ0n) is 8.37. The van der Waals surface area contributed by atoms with Gasteiger partial charge >= 0.3 is 5.97 Å². The van der Waals surface area contributed by atoms with E-state index in [1.165, 1.54) is 0 Å². The van der Waals surface area contributed by atoms with Gasteiger partial charge in [-0.1, -0.05) is 6.58 Å². The van der Waals surface area contributed by atoms with Crippen LogP contribution in [0.3, 0.4) is 0 Å². The van der Waals surface area contributed by atoms with Crippen LogP contribution in [-0.2, 0) is 14.3 Å². The molecule has 1 atom stereocenters. The van der Waals surface area contributed by atoms with Gasteiger partial charge in [-0.3, -0.25) is 4.79 Å². The topological polar surface area (TPSA) is 75.6 Å². The highest BCUT2D eigenvalue weighted by molar-refractivity contribution is 5.92. The van der Waals surface area contributed by atoms with Gasteiger partial charge in [-0.05, 0) is 13.8 Å². The van der Waals surface area contributed by atoms with Gasteiger partial charge in [-0.2, -0.15) is 0 Å². The Morgan fingerprint density at radius 1 is 1.57 bits per heavy atom. The quantitative estimate of drug-likeness (QED) is 0.469. The number of carbonyl (C=O) groups is 2. The van der Waals surface area contributed by atoms with Crippen molar-refractivity contribution >= 4 is 11.9 Å². The number of hydrogen-bond acceptors (Lipinski definition) is 4. The van der Waals surface area contributed by atoms with Crippen LogP contribution in [0.25, 0.3) is 0 Å². The summed E-state index contributed by atoms with van der Waals surface area (Å²) >= 11 is 0. The molecule has 5 heteroatoms. The lowest BCUT2D eigenvalue weighted by molar-refractivity contribution is -0.147. The molecule has 0 saturated carbocycles. The smallest absolute Gasteiger partial charge is 0.331 e. The molecule has 0 aliphatic heterocycles. The third-order valence-corrected chi connectivity index (χ3v) is 1.39. The molecule has 0 aliphatic rings. The van der Waals surface area contributed by atoms with Crippen LogP contribution in [0.5, 0.6) is 0 Å². The minimum atomic E-state index is -0.707. The lowest BCUT2D eigenvalue weighted by atomic mass is 10.3. The van der Waals surface area contributed by atoms with Gasteiger partial charge in [0.15, 0.2) is 0 Å². The van der Waals surface area contributed by atoms with Crippen LogP contribution in [0.1, 0.15) is 13.8 Å². The Balaban J connectivity index is 3.76. The largest absolute Gasteiger partial charge is 0.462 e. The Bertz CT molecular complexity index is 237. The number of esters is 1. The molecule has 0 aliphatic carbocycles. The van der Waals surface area contributed by atoms with E-state index >= 15 is 0 Å². The van der Waals surface area contributed by atoms with E-state index in [9.17, 15) is 9.59 Å². The summed E-state index contributed by atoms with van der Waals surface area (Å²) in [6.07, 6.45) is 0. The number of rotatable bonds is 5. The van der Waals surface area contributed by atoms with Crippen LogP contribution in [0, 0.1) is 0 Å². The second-order valence-corrected chi connectivity index (χ2v) is 3.00. The lowest BCUT2D eigenvalue weighted by Gasteiger charge is -2.13. The summed E-state index contributed by atoms with van der Waals surface area (Å²) in [6, 6.07) is -0.297. The van der Waals surface area contributed by atoms with Crippen LogP contribution < -0.4 is 5.32 Å². The predicted molar refractivity (Wildman–Crippen MR) is 50.5 cm³/mol. The predicted octanol–water partition coefficient (Wildman–Crippen LogP) is -0.397. The maximum atomic E-state index is 11.1. The van der Waals surface area contributed by atoms with E-state index in [1.807, 2.05) is 0 Å². The molecule has 2 N–H and O–H groups in total. The highest BCUT2D eigenvalue weighted by atomic mass is 16.5. The zero-order valence-corrected chi connectivity index (χ0v) is 8.37. The molecule has 0 bridgehead atoms. The average molecular weight is 201 g/mol. The number of amides is 1. The molecule has 0 aromatic rings. The number of aliphatic hydroxyl groups is 1. The number of ether oxygens (including phenoxy) is 1. The number of hydrogen-bond donors (Lipinski definition) is 2. The molecule has 0 fully saturated rings. The van der Waals surface area contributed by atoms with Crippen LogP contribution in [0.2, 0.25) is 0 Å². The first-order valence-electron chi connectivity index (χ1n) is 4.20. The zero-order chi connectivity index (χ0) is 11.1. The summed E-state index contributed by atoms with van der Waals surface area (Å²) < 4.78 is 4.60. The van der Waals surface area contributed by atoms with Crippen LogP contribution in [-0.4, -0.2) is 36.2 Å². The van der Waals surface area contributed by atoms with Crippen LogP contribution >= 0.6 is 0 Å². The van der Waals surface area contributed by atoms with Crippen molar-refractivity contribution in [3.05, 3.63) is 12.2 Å². The van der Waals surface area contributed by atoms with Crippen molar-refractivity contribution in [2.24, 2.45) is 0 Å². The molecule has 0 heterocycles. The SMILES string of the molecule is C=C(C)C(=O)NC(C)COC(=O)CO. The van der Waals surface area contributed by atoms with Crippen molar-refractivity contribution in [1.82, 2.24) is 5.32 Å². The Labute approximate surface area is 82.7 Å². The van der Waals surface area contributed by atoms with Crippen molar-refractivity contribution < 1.29 is 19.4 Å². The van der Waals surface area contributed by atoms with E-state index in [0.717, 1.165) is 0 Å². The Kier molecular flexibility index (Phi) is 5.55. The first-order valence-corrected chi connectivity index (χ1v) is 4.20. The first kappa shape index (κ1) is 12.6. The maximum absolute atomic E-state index is 11.1. The third-order valence-electron chi connectivity index (χ3n) is 1.39. The van der Waals surface area contributed by atoms with Gasteiger partial charge in [0.2, 0.25) is 5.91 Å². The molecule has 80 valence electrons. The fourth-order valence-corrected chi connectivity index (χ4v) is 0.652. The lowest BCUT2D eigenvalue weighted by Crippen LogP contribution is -2.37. The summed E-state index contributed by atoms with van der Waals surface area (Å²) in [5.41, 5.74) is 0.394. The van der Waals surface area contributed by atoms with Crippen molar-refractivity contribution in [3.63, 3.8) is 0 Å². The van der Waals surface area contributed by atoms with Gasteiger partial charge in [-0.15, -0.1) is 0 Å². The maximum Gasteiger partial charge on any atom is 0.331 e. The number of aliphatic hydroxyl groups excluding tert-OH is 1. The van der Waals surface area contributed by atoms with Gasteiger partial charge < -0.3 is 15.2 Å². The second-order valence-electron chi connectivity index (χ2n) is 3.00. The summed E-state index contributed by atoms with van der Waals surface area (Å²) in [6.45, 7) is 6.12. The standard InChI is InChI=1S/C9H15NO4/c1-6(2)9(13)10-7(3)5-14-8(12)4-11/h7,11H,1,4-5H2,2-3H3,(H,10,13). The fourth-order valence-electron chi connectivity index (χ4n) is 0.652. The van der Waals surface area contributed by atoms with Gasteiger partial charge in [0, 0.05) is 5.57 Å². The van der Waals surface area contributed by atoms with E-state index in [-0.39, 0.29) is 18.6 Å². The molecule has 0 saturated heterocycles. The Morgan fingerprint density at radius 3 is 2.57 bits per heavy atom.